The van der Waals surface area contributed by atoms with Crippen LogP contribution in [0.1, 0.15) is 6.42 Å². The van der Waals surface area contributed by atoms with Crippen LogP contribution in [-0.2, 0) is 0 Å². The van der Waals surface area contributed by atoms with Crippen LogP contribution in [0.3, 0.4) is 0 Å². The van der Waals surface area contributed by atoms with Gasteiger partial charge in [-0.2, -0.15) is 0 Å². The Morgan fingerprint density at radius 1 is 0.905 bits per heavy atom. The van der Waals surface area contributed by atoms with Gasteiger partial charge in [0, 0.05) is 5.69 Å². The molecule has 1 N–H and O–H groups in total. The number of hydrogen-bond donors (Lipinski definition) is 1. The number of allylic oxidation sites excluding steroid dienone is 2. The molecule has 0 saturated carbocycles. The molecular weight excluding hydrogens is 260 g/mol. The van der Waals surface area contributed by atoms with Crippen LogP contribution in [0.5, 0.6) is 5.75 Å². The molecule has 2 aliphatic rings. The van der Waals surface area contributed by atoms with Gasteiger partial charge in [-0.15, -0.1) is 0 Å². The number of fused-ring (bicyclic) bond motifs is 2. The first-order valence-corrected chi connectivity index (χ1v) is 6.99. The quantitative estimate of drug-likeness (QED) is 0.878. The third-order valence-corrected chi connectivity index (χ3v) is 3.48. The highest BCUT2D eigenvalue weighted by Crippen LogP contribution is 2.36. The van der Waals surface area contributed by atoms with E-state index >= 15 is 0 Å². The van der Waals surface area contributed by atoms with Crippen molar-refractivity contribution in [2.24, 2.45) is 4.99 Å². The van der Waals surface area contributed by atoms with Gasteiger partial charge in [-0.25, -0.2) is 4.99 Å². The van der Waals surface area contributed by atoms with E-state index in [0.717, 1.165) is 40.7 Å². The highest BCUT2D eigenvalue weighted by molar-refractivity contribution is 6.15. The maximum absolute atomic E-state index is 5.95. The fourth-order valence-electron chi connectivity index (χ4n) is 2.48. The van der Waals surface area contributed by atoms with Crippen LogP contribution in [0.2, 0.25) is 0 Å². The Kier molecular flexibility index (Phi) is 2.82. The van der Waals surface area contributed by atoms with Crippen molar-refractivity contribution in [2.75, 3.05) is 5.32 Å². The third-order valence-electron chi connectivity index (χ3n) is 3.48. The minimum absolute atomic E-state index is 0.813. The summed E-state index contributed by atoms with van der Waals surface area (Å²) in [6.07, 6.45) is 5.03. The molecule has 0 spiro atoms. The SMILES string of the molecule is C1=C(Nc2ccccc2)C2=Nc3ccccc3OC2=CC1. The van der Waals surface area contributed by atoms with Crippen LogP contribution in [0, 0.1) is 0 Å². The Morgan fingerprint density at radius 3 is 2.62 bits per heavy atom. The van der Waals surface area contributed by atoms with Crippen molar-refractivity contribution in [3.63, 3.8) is 0 Å². The second-order valence-corrected chi connectivity index (χ2v) is 4.94. The second kappa shape index (κ2) is 4.94. The summed E-state index contributed by atoms with van der Waals surface area (Å²) in [5.41, 5.74) is 3.77. The number of hydrogen-bond acceptors (Lipinski definition) is 3. The summed E-state index contributed by atoms with van der Waals surface area (Å²) in [6.45, 7) is 0. The van der Waals surface area contributed by atoms with E-state index in [0.29, 0.717) is 0 Å². The minimum Gasteiger partial charge on any atom is -0.453 e. The zero-order chi connectivity index (χ0) is 14.1. The van der Waals surface area contributed by atoms with Crippen molar-refractivity contribution >= 4 is 17.1 Å². The van der Waals surface area contributed by atoms with Gasteiger partial charge in [0.1, 0.15) is 11.4 Å². The van der Waals surface area contributed by atoms with Crippen molar-refractivity contribution in [1.29, 1.82) is 0 Å². The Balaban J connectivity index is 1.71. The summed E-state index contributed by atoms with van der Waals surface area (Å²) >= 11 is 0. The van der Waals surface area contributed by atoms with E-state index in [1.807, 2.05) is 54.6 Å². The summed E-state index contributed by atoms with van der Waals surface area (Å²) in [6, 6.07) is 17.9. The molecule has 0 fully saturated rings. The van der Waals surface area contributed by atoms with Gasteiger partial charge in [0.25, 0.3) is 0 Å². The summed E-state index contributed by atoms with van der Waals surface area (Å²) in [5, 5.41) is 3.42. The summed E-state index contributed by atoms with van der Waals surface area (Å²) in [5.74, 6) is 1.64. The lowest BCUT2D eigenvalue weighted by molar-refractivity contribution is 0.447. The maximum Gasteiger partial charge on any atom is 0.153 e. The van der Waals surface area contributed by atoms with Crippen LogP contribution in [0.15, 0.2) is 83.2 Å². The zero-order valence-corrected chi connectivity index (χ0v) is 11.4. The molecule has 2 aromatic carbocycles. The summed E-state index contributed by atoms with van der Waals surface area (Å²) < 4.78 is 5.95. The van der Waals surface area contributed by atoms with E-state index in [1.54, 1.807) is 0 Å². The molecule has 3 heteroatoms. The fourth-order valence-corrected chi connectivity index (χ4v) is 2.48. The number of rotatable bonds is 2. The zero-order valence-electron chi connectivity index (χ0n) is 11.4. The highest BCUT2D eigenvalue weighted by Gasteiger charge is 2.23. The number of aliphatic imine (C=N–C) groups is 1. The predicted octanol–water partition coefficient (Wildman–Crippen LogP) is 4.44. The minimum atomic E-state index is 0.813. The number of benzene rings is 2. The summed E-state index contributed by atoms with van der Waals surface area (Å²) in [7, 11) is 0. The molecule has 0 bridgehead atoms. The monoisotopic (exact) mass is 274 g/mol. The van der Waals surface area contributed by atoms with Gasteiger partial charge in [-0.1, -0.05) is 36.4 Å². The Morgan fingerprint density at radius 2 is 1.71 bits per heavy atom. The van der Waals surface area contributed by atoms with Gasteiger partial charge in [0.2, 0.25) is 0 Å². The largest absolute Gasteiger partial charge is 0.453 e. The van der Waals surface area contributed by atoms with E-state index in [-0.39, 0.29) is 0 Å². The predicted molar refractivity (Wildman–Crippen MR) is 85.0 cm³/mol. The van der Waals surface area contributed by atoms with Gasteiger partial charge >= 0.3 is 0 Å². The van der Waals surface area contributed by atoms with Crippen molar-refractivity contribution < 1.29 is 4.74 Å². The van der Waals surface area contributed by atoms with Crippen LogP contribution < -0.4 is 10.1 Å². The van der Waals surface area contributed by atoms with Gasteiger partial charge < -0.3 is 10.1 Å². The van der Waals surface area contributed by atoms with Gasteiger partial charge in [0.05, 0.1) is 5.70 Å². The molecule has 2 aromatic rings. The number of nitrogens with one attached hydrogen (secondary N) is 1. The molecule has 21 heavy (non-hydrogen) atoms. The van der Waals surface area contributed by atoms with E-state index in [4.69, 9.17) is 9.73 Å². The molecule has 1 aliphatic carbocycles. The number of para-hydroxylation sites is 3. The van der Waals surface area contributed by atoms with Gasteiger partial charge in [-0.3, -0.25) is 0 Å². The topological polar surface area (TPSA) is 33.6 Å². The molecule has 102 valence electrons. The van der Waals surface area contributed by atoms with Crippen molar-refractivity contribution in [3.8, 4) is 5.75 Å². The number of ether oxygens (including phenoxy) is 1. The van der Waals surface area contributed by atoms with E-state index in [9.17, 15) is 0 Å². The fraction of sp³-hybridized carbons (Fsp3) is 0.0556. The average molecular weight is 274 g/mol. The van der Waals surface area contributed by atoms with Crippen molar-refractivity contribution in [1.82, 2.24) is 0 Å². The van der Waals surface area contributed by atoms with E-state index in [1.165, 1.54) is 0 Å². The lowest BCUT2D eigenvalue weighted by atomic mass is 10.1. The molecule has 0 unspecified atom stereocenters. The van der Waals surface area contributed by atoms with Crippen molar-refractivity contribution in [2.45, 2.75) is 6.42 Å². The Hall–Kier alpha value is -2.81. The highest BCUT2D eigenvalue weighted by atomic mass is 16.5. The standard InChI is InChI=1S/C18H14N2O/c1-2-7-13(8-3-1)19-15-10-6-12-17-18(15)20-14-9-4-5-11-16(14)21-17/h1-5,7-12,19H,6H2. The lowest BCUT2D eigenvalue weighted by Crippen LogP contribution is -2.22. The van der Waals surface area contributed by atoms with Gasteiger partial charge in [0.15, 0.2) is 11.5 Å². The smallest absolute Gasteiger partial charge is 0.153 e. The van der Waals surface area contributed by atoms with Gasteiger partial charge in [-0.05, 0) is 36.8 Å². The Labute approximate surface area is 123 Å². The first-order chi connectivity index (χ1) is 10.4. The van der Waals surface area contributed by atoms with Crippen LogP contribution in [0.4, 0.5) is 11.4 Å². The first-order valence-electron chi connectivity index (χ1n) is 6.99. The molecule has 0 amide bonds. The summed E-state index contributed by atoms with van der Waals surface area (Å²) in [4.78, 5) is 4.74. The van der Waals surface area contributed by atoms with Crippen LogP contribution in [-0.4, -0.2) is 5.71 Å². The first kappa shape index (κ1) is 12.0. The molecule has 4 rings (SSSR count). The maximum atomic E-state index is 5.95. The lowest BCUT2D eigenvalue weighted by Gasteiger charge is -2.24. The van der Waals surface area contributed by atoms with E-state index in [2.05, 4.69) is 17.5 Å². The molecule has 1 aliphatic heterocycles. The molecule has 0 aromatic heterocycles. The number of nitrogens with zero attached hydrogens (tertiary/aromatic N) is 1. The molecule has 1 heterocycles. The van der Waals surface area contributed by atoms with Crippen molar-refractivity contribution in [3.05, 3.63) is 78.2 Å². The molecule has 0 saturated heterocycles. The number of anilines is 1. The molecule has 3 nitrogen and oxygen atoms in total. The van der Waals surface area contributed by atoms with Crippen LogP contribution in [0.25, 0.3) is 0 Å². The third kappa shape index (κ3) is 2.23. The second-order valence-electron chi connectivity index (χ2n) is 4.94. The molecule has 0 radical (unpaired) electrons. The average Bonchev–Trinajstić information content (AvgIpc) is 2.54. The van der Waals surface area contributed by atoms with Crippen LogP contribution >= 0.6 is 0 Å². The Bertz CT molecular complexity index is 773. The molecular formula is C18H14N2O. The van der Waals surface area contributed by atoms with E-state index < -0.39 is 0 Å². The molecule has 0 atom stereocenters. The normalized spacial score (nSPS) is 15.7.